The fraction of sp³-hybridized carbons (Fsp3) is 0.300. The van der Waals surface area contributed by atoms with E-state index >= 15 is 0 Å². The van der Waals surface area contributed by atoms with Crippen molar-refractivity contribution in [3.8, 4) is 5.75 Å². The Morgan fingerprint density at radius 1 is 1.20 bits per heavy atom. The molecule has 5 heteroatoms. The van der Waals surface area contributed by atoms with Gasteiger partial charge in [0.05, 0.1) is 21.8 Å². The lowest BCUT2D eigenvalue weighted by Crippen LogP contribution is -2.27. The van der Waals surface area contributed by atoms with Gasteiger partial charge in [0.2, 0.25) is 5.91 Å². The molecule has 1 amide bonds. The van der Waals surface area contributed by atoms with Crippen LogP contribution in [-0.2, 0) is 11.2 Å². The van der Waals surface area contributed by atoms with E-state index in [-0.39, 0.29) is 5.91 Å². The number of fused-ring (bicyclic) bond motifs is 1. The molecule has 0 aliphatic heterocycles. The van der Waals surface area contributed by atoms with E-state index in [0.29, 0.717) is 19.6 Å². The summed E-state index contributed by atoms with van der Waals surface area (Å²) in [5, 5.41) is 3.99. The summed E-state index contributed by atoms with van der Waals surface area (Å²) in [4.78, 5) is 16.5. The van der Waals surface area contributed by atoms with Crippen LogP contribution in [0, 0.1) is 6.92 Å². The van der Waals surface area contributed by atoms with Gasteiger partial charge in [-0.05, 0) is 49.6 Å². The number of nitrogens with one attached hydrogen (secondary N) is 1. The number of aromatic nitrogens is 1. The van der Waals surface area contributed by atoms with E-state index in [1.165, 1.54) is 4.70 Å². The molecule has 0 spiro atoms. The molecule has 0 saturated heterocycles. The molecule has 0 bridgehead atoms. The average molecular weight is 354 g/mol. The second kappa shape index (κ2) is 8.62. The highest BCUT2D eigenvalue weighted by molar-refractivity contribution is 7.18. The lowest BCUT2D eigenvalue weighted by Gasteiger charge is -2.08. The molecular weight excluding hydrogens is 332 g/mol. The number of rotatable bonds is 8. The van der Waals surface area contributed by atoms with Crippen LogP contribution < -0.4 is 10.1 Å². The van der Waals surface area contributed by atoms with E-state index in [1.807, 2.05) is 49.4 Å². The molecule has 0 saturated carbocycles. The van der Waals surface area contributed by atoms with Crippen LogP contribution in [0.1, 0.15) is 23.4 Å². The highest BCUT2D eigenvalue weighted by Gasteiger charge is 2.05. The summed E-state index contributed by atoms with van der Waals surface area (Å²) in [6, 6.07) is 16.0. The van der Waals surface area contributed by atoms with Crippen LogP contribution in [0.5, 0.6) is 5.75 Å². The highest BCUT2D eigenvalue weighted by Crippen LogP contribution is 2.22. The van der Waals surface area contributed by atoms with Gasteiger partial charge in [-0.1, -0.05) is 24.3 Å². The van der Waals surface area contributed by atoms with Crippen LogP contribution >= 0.6 is 11.3 Å². The Hall–Kier alpha value is -2.40. The Kier molecular flexibility index (Phi) is 6.01. The predicted octanol–water partition coefficient (Wildman–Crippen LogP) is 4.12. The monoisotopic (exact) mass is 354 g/mol. The minimum atomic E-state index is 0.0638. The lowest BCUT2D eigenvalue weighted by molar-refractivity contribution is -0.121. The number of hydrogen-bond donors (Lipinski definition) is 1. The molecule has 0 radical (unpaired) electrons. The fourth-order valence-electron chi connectivity index (χ4n) is 2.58. The minimum Gasteiger partial charge on any atom is -0.492 e. The van der Waals surface area contributed by atoms with Gasteiger partial charge < -0.3 is 10.1 Å². The predicted molar refractivity (Wildman–Crippen MR) is 102 cm³/mol. The van der Waals surface area contributed by atoms with Gasteiger partial charge in [0.1, 0.15) is 12.4 Å². The maximum absolute atomic E-state index is 11.9. The number of thiazole rings is 1. The highest BCUT2D eigenvalue weighted by atomic mass is 32.1. The second-order valence-corrected chi connectivity index (χ2v) is 7.06. The zero-order valence-corrected chi connectivity index (χ0v) is 15.1. The molecule has 0 aliphatic carbocycles. The molecule has 0 aliphatic rings. The fourth-order valence-corrected chi connectivity index (χ4v) is 3.59. The Balaban J connectivity index is 1.32. The molecule has 0 atom stereocenters. The molecular formula is C20H22N2O2S. The number of amides is 1. The number of carbonyl (C=O) groups is 1. The Morgan fingerprint density at radius 2 is 2.08 bits per heavy atom. The summed E-state index contributed by atoms with van der Waals surface area (Å²) in [5.41, 5.74) is 2.21. The molecule has 130 valence electrons. The van der Waals surface area contributed by atoms with E-state index in [0.717, 1.165) is 34.7 Å². The minimum absolute atomic E-state index is 0.0638. The number of benzene rings is 2. The van der Waals surface area contributed by atoms with Crippen molar-refractivity contribution in [3.05, 3.63) is 59.1 Å². The first kappa shape index (κ1) is 17.4. The molecule has 4 nitrogen and oxygen atoms in total. The van der Waals surface area contributed by atoms with E-state index in [1.54, 1.807) is 11.3 Å². The molecule has 1 N–H and O–H groups in total. The summed E-state index contributed by atoms with van der Waals surface area (Å²) in [7, 11) is 0. The Labute approximate surface area is 151 Å². The molecule has 2 aromatic carbocycles. The summed E-state index contributed by atoms with van der Waals surface area (Å²) in [5.74, 6) is 0.902. The first-order chi connectivity index (χ1) is 12.2. The molecule has 0 fully saturated rings. The largest absolute Gasteiger partial charge is 0.492 e. The number of nitrogens with zero attached hydrogens (tertiary/aromatic N) is 1. The van der Waals surface area contributed by atoms with E-state index in [2.05, 4.69) is 16.4 Å². The molecule has 3 rings (SSSR count). The zero-order valence-electron chi connectivity index (χ0n) is 14.3. The second-order valence-electron chi connectivity index (χ2n) is 5.94. The van der Waals surface area contributed by atoms with Crippen molar-refractivity contribution >= 4 is 27.5 Å². The van der Waals surface area contributed by atoms with Crippen LogP contribution in [0.25, 0.3) is 10.2 Å². The number of carbonyl (C=O) groups excluding carboxylic acids is 1. The topological polar surface area (TPSA) is 51.2 Å². The molecule has 1 heterocycles. The van der Waals surface area contributed by atoms with Gasteiger partial charge in [-0.2, -0.15) is 0 Å². The number of hydrogen-bond acceptors (Lipinski definition) is 4. The lowest BCUT2D eigenvalue weighted by atomic mass is 10.2. The third kappa shape index (κ3) is 5.29. The van der Waals surface area contributed by atoms with E-state index < -0.39 is 0 Å². The summed E-state index contributed by atoms with van der Waals surface area (Å²) in [6.07, 6.45) is 2.16. The standard InChI is InChI=1S/C20H22N2O2S/c1-15-6-4-7-16(14-15)24-13-12-21-19(23)10-5-11-20-22-17-8-2-3-9-18(17)25-20/h2-4,6-9,14H,5,10-13H2,1H3,(H,21,23). The van der Waals surface area contributed by atoms with Crippen LogP contribution in [0.3, 0.4) is 0 Å². The maximum atomic E-state index is 11.9. The molecule has 0 unspecified atom stereocenters. The van der Waals surface area contributed by atoms with Crippen LogP contribution in [0.2, 0.25) is 0 Å². The third-order valence-electron chi connectivity index (χ3n) is 3.82. The van der Waals surface area contributed by atoms with Crippen LogP contribution in [0.4, 0.5) is 0 Å². The van der Waals surface area contributed by atoms with E-state index in [4.69, 9.17) is 4.74 Å². The van der Waals surface area contributed by atoms with Gasteiger partial charge in [0.25, 0.3) is 0 Å². The summed E-state index contributed by atoms with van der Waals surface area (Å²) < 4.78 is 6.83. The number of para-hydroxylation sites is 1. The zero-order chi connectivity index (χ0) is 17.5. The first-order valence-electron chi connectivity index (χ1n) is 8.51. The van der Waals surface area contributed by atoms with Gasteiger partial charge in [-0.25, -0.2) is 4.98 Å². The normalized spacial score (nSPS) is 10.8. The van der Waals surface area contributed by atoms with Crippen molar-refractivity contribution in [3.63, 3.8) is 0 Å². The van der Waals surface area contributed by atoms with Gasteiger partial charge in [0, 0.05) is 6.42 Å². The summed E-state index contributed by atoms with van der Waals surface area (Å²) >= 11 is 1.71. The van der Waals surface area contributed by atoms with E-state index in [9.17, 15) is 4.79 Å². The maximum Gasteiger partial charge on any atom is 0.220 e. The Morgan fingerprint density at radius 3 is 2.92 bits per heavy atom. The summed E-state index contributed by atoms with van der Waals surface area (Å²) in [6.45, 7) is 3.03. The molecule has 1 aromatic heterocycles. The van der Waals surface area contributed by atoms with Gasteiger partial charge in [-0.3, -0.25) is 4.79 Å². The number of ether oxygens (including phenoxy) is 1. The number of aryl methyl sites for hydroxylation is 2. The molecule has 25 heavy (non-hydrogen) atoms. The van der Waals surface area contributed by atoms with Gasteiger partial charge in [0.15, 0.2) is 0 Å². The Bertz CT molecular complexity index is 811. The quantitative estimate of drug-likeness (QED) is 0.619. The van der Waals surface area contributed by atoms with Crippen molar-refractivity contribution in [2.75, 3.05) is 13.2 Å². The van der Waals surface area contributed by atoms with Crippen molar-refractivity contribution < 1.29 is 9.53 Å². The first-order valence-corrected chi connectivity index (χ1v) is 9.33. The van der Waals surface area contributed by atoms with Crippen molar-refractivity contribution in [2.24, 2.45) is 0 Å². The molecule has 3 aromatic rings. The van der Waals surface area contributed by atoms with Crippen molar-refractivity contribution in [1.29, 1.82) is 0 Å². The van der Waals surface area contributed by atoms with Crippen molar-refractivity contribution in [1.82, 2.24) is 10.3 Å². The van der Waals surface area contributed by atoms with Crippen molar-refractivity contribution in [2.45, 2.75) is 26.2 Å². The van der Waals surface area contributed by atoms with Crippen LogP contribution in [-0.4, -0.2) is 24.0 Å². The third-order valence-corrected chi connectivity index (χ3v) is 4.91. The smallest absolute Gasteiger partial charge is 0.220 e. The SMILES string of the molecule is Cc1cccc(OCCNC(=O)CCCc2nc3ccccc3s2)c1. The van der Waals surface area contributed by atoms with Gasteiger partial charge in [-0.15, -0.1) is 11.3 Å². The van der Waals surface area contributed by atoms with Crippen LogP contribution in [0.15, 0.2) is 48.5 Å². The average Bonchev–Trinajstić information content (AvgIpc) is 3.01. The van der Waals surface area contributed by atoms with Gasteiger partial charge >= 0.3 is 0 Å².